The van der Waals surface area contributed by atoms with E-state index in [2.05, 4.69) is 105 Å². The number of nitrogens with one attached hydrogen (secondary N) is 2. The smallest absolute Gasteiger partial charge is 0.268 e. The van der Waals surface area contributed by atoms with E-state index >= 15 is 0 Å². The van der Waals surface area contributed by atoms with Gasteiger partial charge in [0.05, 0.1) is 0 Å². The molecular weight excluding hydrogens is 284 g/mol. The van der Waals surface area contributed by atoms with Crippen molar-refractivity contribution in [3.8, 4) is 0 Å². The molecule has 0 spiro atoms. The highest BCUT2D eigenvalue weighted by Gasteiger charge is 2.41. The van der Waals surface area contributed by atoms with E-state index in [1.807, 2.05) is 0 Å². The largest absolute Gasteiger partial charge is 0.316 e. The molecule has 0 aliphatic rings. The summed E-state index contributed by atoms with van der Waals surface area (Å²) >= 11 is 0. The van der Waals surface area contributed by atoms with Crippen LogP contribution in [0, 0.1) is 0 Å². The maximum absolute atomic E-state index is 3.96. The van der Waals surface area contributed by atoms with Crippen LogP contribution in [-0.2, 0) is 0 Å². The average molecular weight is 313 g/mol. The van der Waals surface area contributed by atoms with Gasteiger partial charge in [0, 0.05) is 5.54 Å². The Hall–Kier alpha value is -1.42. The lowest BCUT2D eigenvalue weighted by Crippen LogP contribution is -2.81. The fourth-order valence-corrected chi connectivity index (χ4v) is 7.29. The Balaban J connectivity index is 2.63. The van der Waals surface area contributed by atoms with Crippen LogP contribution in [0.15, 0.2) is 60.7 Å². The van der Waals surface area contributed by atoms with Gasteiger partial charge in [-0.15, -0.1) is 0 Å². The molecule has 2 aromatic carbocycles. The van der Waals surface area contributed by atoms with Gasteiger partial charge < -0.3 is 9.96 Å². The van der Waals surface area contributed by atoms with Crippen molar-refractivity contribution in [1.82, 2.24) is 9.96 Å². The summed E-state index contributed by atoms with van der Waals surface area (Å²) in [7, 11) is -2.25. The minimum absolute atomic E-state index is 0.0276. The molecule has 2 rings (SSSR count). The number of benzene rings is 2. The lowest BCUT2D eigenvalue weighted by Gasteiger charge is -2.41. The Morgan fingerprint density at radius 2 is 1.18 bits per heavy atom. The molecule has 2 N–H and O–H groups in total. The molecule has 118 valence electrons. The van der Waals surface area contributed by atoms with Crippen molar-refractivity contribution in [1.29, 1.82) is 0 Å². The monoisotopic (exact) mass is 312 g/mol. The molecule has 0 fully saturated rings. The standard InChI is InChI=1S/C19H28N2Si/c1-16(2)20-22(21-19(3,4)5,17-12-8-6-9-13-17)18-14-10-7-11-15-18/h6-16,20-21H,1-5H3. The molecule has 0 aliphatic carbocycles. The average Bonchev–Trinajstić information content (AvgIpc) is 2.46. The quantitative estimate of drug-likeness (QED) is 0.830. The molecule has 0 heterocycles. The van der Waals surface area contributed by atoms with Gasteiger partial charge in [0.25, 0.3) is 8.40 Å². The van der Waals surface area contributed by atoms with Crippen molar-refractivity contribution in [2.75, 3.05) is 0 Å². The zero-order chi connectivity index (χ0) is 16.2. The first-order valence-electron chi connectivity index (χ1n) is 8.01. The number of hydrogen-bond acceptors (Lipinski definition) is 2. The summed E-state index contributed by atoms with van der Waals surface area (Å²) in [4.78, 5) is 7.87. The van der Waals surface area contributed by atoms with Crippen LogP contribution in [0.25, 0.3) is 0 Å². The molecule has 0 bridgehead atoms. The molecule has 2 nitrogen and oxygen atoms in total. The second kappa shape index (κ2) is 6.78. The van der Waals surface area contributed by atoms with Gasteiger partial charge in [-0.05, 0) is 37.2 Å². The minimum Gasteiger partial charge on any atom is -0.316 e. The zero-order valence-corrected chi connectivity index (χ0v) is 15.4. The molecule has 22 heavy (non-hydrogen) atoms. The lowest BCUT2D eigenvalue weighted by atomic mass is 10.1. The van der Waals surface area contributed by atoms with Crippen LogP contribution in [0.1, 0.15) is 34.6 Å². The molecule has 0 saturated carbocycles. The summed E-state index contributed by atoms with van der Waals surface area (Å²) in [6.07, 6.45) is 0. The van der Waals surface area contributed by atoms with Crippen LogP contribution < -0.4 is 20.3 Å². The molecule has 0 radical (unpaired) electrons. The number of rotatable bonds is 5. The molecular formula is C19H28N2Si. The summed E-state index contributed by atoms with van der Waals surface area (Å²) in [6, 6.07) is 22.1. The van der Waals surface area contributed by atoms with E-state index in [4.69, 9.17) is 0 Å². The predicted octanol–water partition coefficient (Wildman–Crippen LogP) is 2.63. The van der Waals surface area contributed by atoms with Crippen molar-refractivity contribution in [2.45, 2.75) is 46.2 Å². The highest BCUT2D eigenvalue weighted by molar-refractivity contribution is 6.98. The molecule has 0 saturated heterocycles. The molecule has 3 heteroatoms. The molecule has 0 aliphatic heterocycles. The summed E-state index contributed by atoms with van der Waals surface area (Å²) in [6.45, 7) is 11.2. The summed E-state index contributed by atoms with van der Waals surface area (Å²) < 4.78 is 0. The third-order valence-corrected chi connectivity index (χ3v) is 8.02. The van der Waals surface area contributed by atoms with E-state index in [1.165, 1.54) is 10.4 Å². The zero-order valence-electron chi connectivity index (χ0n) is 14.4. The van der Waals surface area contributed by atoms with Gasteiger partial charge in [-0.1, -0.05) is 74.5 Å². The van der Waals surface area contributed by atoms with Crippen LogP contribution >= 0.6 is 0 Å². The Kier molecular flexibility index (Phi) is 5.22. The molecule has 0 unspecified atom stereocenters. The fraction of sp³-hybridized carbons (Fsp3) is 0.368. The Labute approximate surface area is 136 Å². The van der Waals surface area contributed by atoms with Crippen molar-refractivity contribution < 1.29 is 0 Å². The van der Waals surface area contributed by atoms with Gasteiger partial charge in [-0.25, -0.2) is 0 Å². The third kappa shape index (κ3) is 4.06. The van der Waals surface area contributed by atoms with Crippen molar-refractivity contribution in [3.63, 3.8) is 0 Å². The normalized spacial score (nSPS) is 12.6. The Morgan fingerprint density at radius 1 is 0.773 bits per heavy atom. The van der Waals surface area contributed by atoms with Crippen LogP contribution in [0.4, 0.5) is 0 Å². The van der Waals surface area contributed by atoms with E-state index in [1.54, 1.807) is 0 Å². The second-order valence-corrected chi connectivity index (χ2v) is 10.3. The van der Waals surface area contributed by atoms with Crippen molar-refractivity contribution in [2.24, 2.45) is 0 Å². The lowest BCUT2D eigenvalue weighted by molar-refractivity contribution is 0.506. The Morgan fingerprint density at radius 3 is 1.50 bits per heavy atom. The Bertz CT molecular complexity index is 534. The summed E-state index contributed by atoms with van der Waals surface area (Å²) in [5.41, 5.74) is 0.0276. The van der Waals surface area contributed by atoms with Gasteiger partial charge in [0.1, 0.15) is 0 Å². The van der Waals surface area contributed by atoms with Gasteiger partial charge in [0.15, 0.2) is 0 Å². The van der Waals surface area contributed by atoms with E-state index in [9.17, 15) is 0 Å². The van der Waals surface area contributed by atoms with Crippen LogP contribution in [0.5, 0.6) is 0 Å². The summed E-state index contributed by atoms with van der Waals surface area (Å²) in [5, 5.41) is 2.73. The van der Waals surface area contributed by atoms with Crippen LogP contribution in [0.2, 0.25) is 0 Å². The van der Waals surface area contributed by atoms with Gasteiger partial charge in [-0.2, -0.15) is 0 Å². The van der Waals surface area contributed by atoms with Gasteiger partial charge in [0.2, 0.25) is 0 Å². The molecule has 2 aromatic rings. The van der Waals surface area contributed by atoms with E-state index < -0.39 is 8.40 Å². The maximum atomic E-state index is 3.96. The number of hydrogen-bond donors (Lipinski definition) is 2. The highest BCUT2D eigenvalue weighted by Crippen LogP contribution is 2.08. The van der Waals surface area contributed by atoms with E-state index in [0.29, 0.717) is 6.04 Å². The van der Waals surface area contributed by atoms with E-state index in [0.717, 1.165) is 0 Å². The fourth-order valence-electron chi connectivity index (χ4n) is 2.89. The van der Waals surface area contributed by atoms with Crippen molar-refractivity contribution in [3.05, 3.63) is 60.7 Å². The molecule has 0 amide bonds. The van der Waals surface area contributed by atoms with Gasteiger partial charge in [-0.3, -0.25) is 0 Å². The van der Waals surface area contributed by atoms with Crippen molar-refractivity contribution >= 4 is 18.8 Å². The summed E-state index contributed by atoms with van der Waals surface area (Å²) in [5.74, 6) is 0. The molecule has 0 atom stereocenters. The predicted molar refractivity (Wildman–Crippen MR) is 99.1 cm³/mol. The van der Waals surface area contributed by atoms with E-state index in [-0.39, 0.29) is 5.54 Å². The topological polar surface area (TPSA) is 24.1 Å². The first kappa shape index (κ1) is 16.9. The minimum atomic E-state index is -2.25. The van der Waals surface area contributed by atoms with Crippen LogP contribution in [0.3, 0.4) is 0 Å². The third-order valence-electron chi connectivity index (χ3n) is 3.48. The van der Waals surface area contributed by atoms with Gasteiger partial charge >= 0.3 is 0 Å². The first-order valence-corrected chi connectivity index (χ1v) is 10.0. The first-order chi connectivity index (χ1) is 10.3. The second-order valence-electron chi connectivity index (χ2n) is 7.16. The maximum Gasteiger partial charge on any atom is 0.268 e. The highest BCUT2D eigenvalue weighted by atomic mass is 28.3. The van der Waals surface area contributed by atoms with Crippen LogP contribution in [-0.4, -0.2) is 20.0 Å². The molecule has 0 aromatic heterocycles. The SMILES string of the molecule is CC(C)N[Si](NC(C)(C)C)(c1ccccc1)c1ccccc1.